The fraction of sp³-hybridized carbons (Fsp3) is 0. The molecule has 2 N–H and O–H groups in total. The van der Waals surface area contributed by atoms with E-state index in [0.29, 0.717) is 0 Å². The van der Waals surface area contributed by atoms with Gasteiger partial charge in [-0.2, -0.15) is 0 Å². The minimum atomic E-state index is -0.578. The second kappa shape index (κ2) is 3.99. The van der Waals surface area contributed by atoms with Crippen molar-refractivity contribution in [3.8, 4) is 17.4 Å². The van der Waals surface area contributed by atoms with Crippen LogP contribution in [0.4, 0.5) is 5.69 Å². The van der Waals surface area contributed by atoms with Crippen molar-refractivity contribution in [2.24, 2.45) is 0 Å². The van der Waals surface area contributed by atoms with Crippen molar-refractivity contribution >= 4 is 17.3 Å². The Bertz CT molecular complexity index is 574. The second-order valence-corrected chi connectivity index (χ2v) is 3.69. The number of halogens is 1. The fourth-order valence-corrected chi connectivity index (χ4v) is 1.71. The van der Waals surface area contributed by atoms with Crippen molar-refractivity contribution in [1.82, 2.24) is 4.57 Å². The lowest BCUT2D eigenvalue weighted by Gasteiger charge is -2.08. The van der Waals surface area contributed by atoms with Gasteiger partial charge in [-0.15, -0.1) is 0 Å². The maximum Gasteiger partial charge on any atom is 0.271 e. The average Bonchev–Trinajstić information content (AvgIpc) is 2.59. The number of non-ortho nitro benzene ring substituents is 1. The standard InChI is InChI=1S/C10H7ClN2O4/c11-7-5-6(13(16)17)1-2-8(7)12-9(14)3-4-10(12)15/h1-5,14-15H. The van der Waals surface area contributed by atoms with Gasteiger partial charge in [0, 0.05) is 24.3 Å². The van der Waals surface area contributed by atoms with Gasteiger partial charge in [0.15, 0.2) is 11.8 Å². The van der Waals surface area contributed by atoms with E-state index in [2.05, 4.69) is 0 Å². The van der Waals surface area contributed by atoms with E-state index in [-0.39, 0.29) is 28.2 Å². The lowest BCUT2D eigenvalue weighted by molar-refractivity contribution is -0.384. The number of hydrogen-bond donors (Lipinski definition) is 2. The summed E-state index contributed by atoms with van der Waals surface area (Å²) in [5.41, 5.74) is 0.0992. The highest BCUT2D eigenvalue weighted by molar-refractivity contribution is 6.32. The van der Waals surface area contributed by atoms with E-state index in [1.54, 1.807) is 0 Å². The van der Waals surface area contributed by atoms with Gasteiger partial charge in [0.25, 0.3) is 5.69 Å². The van der Waals surface area contributed by atoms with Gasteiger partial charge in [-0.1, -0.05) is 11.6 Å². The van der Waals surface area contributed by atoms with Crippen LogP contribution in [0.5, 0.6) is 11.8 Å². The average molecular weight is 255 g/mol. The quantitative estimate of drug-likeness (QED) is 0.636. The van der Waals surface area contributed by atoms with Gasteiger partial charge in [0.05, 0.1) is 15.6 Å². The molecule has 0 bridgehead atoms. The first-order valence-corrected chi connectivity index (χ1v) is 4.92. The Morgan fingerprint density at radius 3 is 2.24 bits per heavy atom. The molecule has 6 nitrogen and oxygen atoms in total. The van der Waals surface area contributed by atoms with Crippen LogP contribution in [-0.2, 0) is 0 Å². The predicted octanol–water partition coefficient (Wildman–Crippen LogP) is 2.45. The zero-order valence-corrected chi connectivity index (χ0v) is 9.13. The number of nitrogens with zero attached hydrogens (tertiary/aromatic N) is 2. The normalized spacial score (nSPS) is 10.4. The van der Waals surface area contributed by atoms with Crippen molar-refractivity contribution in [2.75, 3.05) is 0 Å². The van der Waals surface area contributed by atoms with Crippen LogP contribution >= 0.6 is 11.6 Å². The lowest BCUT2D eigenvalue weighted by atomic mass is 10.3. The van der Waals surface area contributed by atoms with Gasteiger partial charge < -0.3 is 10.2 Å². The summed E-state index contributed by atoms with van der Waals surface area (Å²) in [4.78, 5) is 9.95. The molecule has 0 aliphatic rings. The largest absolute Gasteiger partial charge is 0.494 e. The van der Waals surface area contributed by atoms with Crippen molar-refractivity contribution in [1.29, 1.82) is 0 Å². The highest BCUT2D eigenvalue weighted by Gasteiger charge is 2.14. The molecule has 0 saturated carbocycles. The zero-order valence-electron chi connectivity index (χ0n) is 8.37. The summed E-state index contributed by atoms with van der Waals surface area (Å²) in [6.07, 6.45) is 0. The van der Waals surface area contributed by atoms with Gasteiger partial charge in [-0.3, -0.25) is 14.7 Å². The molecule has 2 rings (SSSR count). The summed E-state index contributed by atoms with van der Waals surface area (Å²) in [6, 6.07) is 6.30. The van der Waals surface area contributed by atoms with E-state index in [1.807, 2.05) is 0 Å². The summed E-state index contributed by atoms with van der Waals surface area (Å²) in [6.45, 7) is 0. The predicted molar refractivity (Wildman–Crippen MR) is 60.8 cm³/mol. The molecular weight excluding hydrogens is 248 g/mol. The highest BCUT2D eigenvalue weighted by atomic mass is 35.5. The monoisotopic (exact) mass is 254 g/mol. The van der Waals surface area contributed by atoms with Crippen LogP contribution in [0.15, 0.2) is 30.3 Å². The number of nitro groups is 1. The van der Waals surface area contributed by atoms with E-state index in [1.165, 1.54) is 24.3 Å². The molecule has 1 aromatic carbocycles. The van der Waals surface area contributed by atoms with E-state index >= 15 is 0 Å². The molecule has 0 saturated heterocycles. The smallest absolute Gasteiger partial charge is 0.271 e. The van der Waals surface area contributed by atoms with Gasteiger partial charge >= 0.3 is 0 Å². The third-order valence-corrected chi connectivity index (χ3v) is 2.53. The van der Waals surface area contributed by atoms with Crippen molar-refractivity contribution in [2.45, 2.75) is 0 Å². The molecule has 1 heterocycles. The van der Waals surface area contributed by atoms with E-state index in [4.69, 9.17) is 11.6 Å². The number of rotatable bonds is 2. The highest BCUT2D eigenvalue weighted by Crippen LogP contribution is 2.32. The molecule has 0 aliphatic carbocycles. The number of aromatic nitrogens is 1. The van der Waals surface area contributed by atoms with Crippen LogP contribution in [0.3, 0.4) is 0 Å². The van der Waals surface area contributed by atoms with Crippen LogP contribution in [-0.4, -0.2) is 19.7 Å². The molecule has 0 aliphatic heterocycles. The van der Waals surface area contributed by atoms with Crippen LogP contribution in [0.2, 0.25) is 5.02 Å². The van der Waals surface area contributed by atoms with E-state index in [9.17, 15) is 20.3 Å². The summed E-state index contributed by atoms with van der Waals surface area (Å²) in [5.74, 6) is -0.420. The molecule has 1 aromatic heterocycles. The van der Waals surface area contributed by atoms with Gasteiger partial charge in [0.1, 0.15) is 0 Å². The molecule has 0 radical (unpaired) electrons. The molecule has 0 unspecified atom stereocenters. The van der Waals surface area contributed by atoms with E-state index in [0.717, 1.165) is 10.6 Å². The van der Waals surface area contributed by atoms with Crippen molar-refractivity contribution in [3.05, 3.63) is 45.5 Å². The molecule has 17 heavy (non-hydrogen) atoms. The first kappa shape index (κ1) is 11.3. The maximum absolute atomic E-state index is 10.5. The van der Waals surface area contributed by atoms with E-state index < -0.39 is 4.92 Å². The van der Waals surface area contributed by atoms with Gasteiger partial charge in [-0.05, 0) is 6.07 Å². The first-order valence-electron chi connectivity index (χ1n) is 4.54. The maximum atomic E-state index is 10.5. The zero-order chi connectivity index (χ0) is 12.6. The molecule has 0 atom stereocenters. The third kappa shape index (κ3) is 1.90. The Hall–Kier alpha value is -2.21. The van der Waals surface area contributed by atoms with Crippen LogP contribution in [0.1, 0.15) is 0 Å². The molecular formula is C10H7ClN2O4. The summed E-state index contributed by atoms with van der Waals surface area (Å²) in [5, 5.41) is 29.6. The van der Waals surface area contributed by atoms with Gasteiger partial charge in [-0.25, -0.2) is 0 Å². The Morgan fingerprint density at radius 2 is 1.76 bits per heavy atom. The molecule has 0 spiro atoms. The lowest BCUT2D eigenvalue weighted by Crippen LogP contribution is -1.95. The van der Waals surface area contributed by atoms with Crippen molar-refractivity contribution in [3.63, 3.8) is 0 Å². The first-order chi connectivity index (χ1) is 8.00. The number of aromatic hydroxyl groups is 2. The number of nitro benzene ring substituents is 1. The molecule has 7 heteroatoms. The second-order valence-electron chi connectivity index (χ2n) is 3.28. The van der Waals surface area contributed by atoms with Crippen LogP contribution in [0.25, 0.3) is 5.69 Å². The Morgan fingerprint density at radius 1 is 1.18 bits per heavy atom. The fourth-order valence-electron chi connectivity index (χ4n) is 1.45. The molecule has 2 aromatic rings. The van der Waals surface area contributed by atoms with Crippen LogP contribution in [0, 0.1) is 10.1 Å². The summed E-state index contributed by atoms with van der Waals surface area (Å²) in [7, 11) is 0. The van der Waals surface area contributed by atoms with Gasteiger partial charge in [0.2, 0.25) is 0 Å². The summed E-state index contributed by atoms with van der Waals surface area (Å²) < 4.78 is 1.08. The molecule has 88 valence electrons. The summed E-state index contributed by atoms with van der Waals surface area (Å²) >= 11 is 5.86. The van der Waals surface area contributed by atoms with Crippen molar-refractivity contribution < 1.29 is 15.1 Å². The number of benzene rings is 1. The molecule has 0 amide bonds. The minimum absolute atomic E-state index is 0.0565. The Balaban J connectivity index is 2.58. The molecule has 0 fully saturated rings. The number of hydrogen-bond acceptors (Lipinski definition) is 4. The SMILES string of the molecule is O=[N+]([O-])c1ccc(-n2c(O)ccc2O)c(Cl)c1. The minimum Gasteiger partial charge on any atom is -0.494 e. The Kier molecular flexibility index (Phi) is 2.64. The topological polar surface area (TPSA) is 88.5 Å². The van der Waals surface area contributed by atoms with Crippen LogP contribution < -0.4 is 0 Å². The third-order valence-electron chi connectivity index (χ3n) is 2.22. The Labute approximate surface area is 100 Å².